The van der Waals surface area contributed by atoms with Crippen molar-refractivity contribution in [3.05, 3.63) is 104 Å². The number of carbonyl (C=O) groups is 3. The molecule has 0 unspecified atom stereocenters. The van der Waals surface area contributed by atoms with Crippen molar-refractivity contribution in [2.45, 2.75) is 6.54 Å². The lowest BCUT2D eigenvalue weighted by molar-refractivity contribution is -0.112. The summed E-state index contributed by atoms with van der Waals surface area (Å²) in [6.07, 6.45) is 1.42. The monoisotopic (exact) mass is 468 g/mol. The molecule has 1 heterocycles. The second-order valence-electron chi connectivity index (χ2n) is 7.08. The molecule has 1 aliphatic heterocycles. The van der Waals surface area contributed by atoms with Gasteiger partial charge in [0.25, 0.3) is 11.8 Å². The predicted octanol–water partition coefficient (Wildman–Crippen LogP) is 5.28. The average molecular weight is 469 g/mol. The minimum Gasteiger partial charge on any atom is -0.348 e. The Balaban J connectivity index is 1.57. The number of halogens is 3. The molecule has 0 radical (unpaired) electrons. The van der Waals surface area contributed by atoms with Gasteiger partial charge in [0, 0.05) is 17.7 Å². The van der Waals surface area contributed by atoms with E-state index in [1.54, 1.807) is 30.3 Å². The number of carbonyl (C=O) groups excluding carboxylic acids is 3. The zero-order chi connectivity index (χ0) is 22.8. The largest absolute Gasteiger partial charge is 0.348 e. The Morgan fingerprint density at radius 1 is 0.969 bits per heavy atom. The molecule has 0 fully saturated rings. The van der Waals surface area contributed by atoms with Crippen LogP contribution in [0.25, 0.3) is 6.08 Å². The van der Waals surface area contributed by atoms with Gasteiger partial charge in [-0.2, -0.15) is 0 Å². The molecule has 0 bridgehead atoms. The molecule has 0 atom stereocenters. The minimum atomic E-state index is -0.554. The summed E-state index contributed by atoms with van der Waals surface area (Å²) in [5.74, 6) is -1.83. The maximum absolute atomic E-state index is 13.0. The van der Waals surface area contributed by atoms with Gasteiger partial charge in [-0.1, -0.05) is 41.4 Å². The Hall–Kier alpha value is -3.48. The molecule has 3 aromatic carbocycles. The quantitative estimate of drug-likeness (QED) is 0.403. The van der Waals surface area contributed by atoms with Crippen molar-refractivity contribution >= 4 is 52.6 Å². The smallest absolute Gasteiger partial charge is 0.259 e. The lowest BCUT2D eigenvalue weighted by Crippen LogP contribution is -2.28. The van der Waals surface area contributed by atoms with Crippen LogP contribution in [-0.4, -0.2) is 17.6 Å². The fraction of sp³-hybridized carbons (Fsp3) is 0.0417. The van der Waals surface area contributed by atoms with Gasteiger partial charge in [0.15, 0.2) is 0 Å². The van der Waals surface area contributed by atoms with Gasteiger partial charge in [0.2, 0.25) is 5.78 Å². The molecule has 2 N–H and O–H groups in total. The molecule has 1 aliphatic rings. The molecule has 0 saturated heterocycles. The van der Waals surface area contributed by atoms with Crippen LogP contribution in [-0.2, 0) is 11.3 Å². The van der Waals surface area contributed by atoms with E-state index in [-0.39, 0.29) is 29.1 Å². The predicted molar refractivity (Wildman–Crippen MR) is 121 cm³/mol. The lowest BCUT2D eigenvalue weighted by Gasteiger charge is -2.19. The van der Waals surface area contributed by atoms with Crippen LogP contribution in [0.15, 0.2) is 66.2 Å². The number of fused-ring (bicyclic) bond motifs is 1. The van der Waals surface area contributed by atoms with Crippen LogP contribution in [0.5, 0.6) is 0 Å². The first-order valence-corrected chi connectivity index (χ1v) is 10.3. The van der Waals surface area contributed by atoms with E-state index in [0.717, 1.165) is 5.56 Å². The van der Waals surface area contributed by atoms with E-state index in [4.69, 9.17) is 23.2 Å². The van der Waals surface area contributed by atoms with Gasteiger partial charge in [-0.05, 0) is 59.7 Å². The van der Waals surface area contributed by atoms with Crippen molar-refractivity contribution in [2.75, 3.05) is 5.32 Å². The topological polar surface area (TPSA) is 75.3 Å². The zero-order valence-electron chi connectivity index (χ0n) is 16.4. The highest BCUT2D eigenvalue weighted by atomic mass is 35.5. The number of nitrogens with one attached hydrogen (secondary N) is 2. The molecule has 4 rings (SSSR count). The fourth-order valence-corrected chi connectivity index (χ4v) is 3.51. The highest BCUT2D eigenvalue weighted by Gasteiger charge is 2.29. The number of benzene rings is 3. The molecule has 0 spiro atoms. The molecule has 160 valence electrons. The molecule has 2 amide bonds. The van der Waals surface area contributed by atoms with Crippen molar-refractivity contribution in [3.63, 3.8) is 0 Å². The average Bonchev–Trinajstić information content (AvgIpc) is 2.78. The Morgan fingerprint density at radius 2 is 1.72 bits per heavy atom. The molecule has 32 heavy (non-hydrogen) atoms. The van der Waals surface area contributed by atoms with Crippen LogP contribution < -0.4 is 10.6 Å². The van der Waals surface area contributed by atoms with E-state index in [1.807, 2.05) is 0 Å². The van der Waals surface area contributed by atoms with Crippen molar-refractivity contribution in [2.24, 2.45) is 0 Å². The summed E-state index contributed by atoms with van der Waals surface area (Å²) in [7, 11) is 0. The SMILES string of the molecule is O=C1Nc2ccc(C(=O)NCc3ccc(F)cc3)cc2C(=O)/C1=C\c1ccc(Cl)c(Cl)c1. The summed E-state index contributed by atoms with van der Waals surface area (Å²) in [5.41, 5.74) is 1.96. The standard InChI is InChI=1S/C24H15Cl2FN2O3/c25-19-7-3-14(10-20(19)26)9-18-22(30)17-11-15(4-8-21(17)29-24(18)32)23(31)28-12-13-1-5-16(27)6-2-13/h1-11H,12H2,(H,28,31)(H,29,32)/b18-9+. The van der Waals surface area contributed by atoms with E-state index in [0.29, 0.717) is 21.3 Å². The second-order valence-corrected chi connectivity index (χ2v) is 7.90. The molecule has 0 aliphatic carbocycles. The third-order valence-corrected chi connectivity index (χ3v) is 5.62. The molecule has 3 aromatic rings. The Morgan fingerprint density at radius 3 is 2.44 bits per heavy atom. The number of rotatable bonds is 4. The Kier molecular flexibility index (Phi) is 6.08. The van der Waals surface area contributed by atoms with Crippen molar-refractivity contribution in [1.82, 2.24) is 5.32 Å². The summed E-state index contributed by atoms with van der Waals surface area (Å²) >= 11 is 11.9. The summed E-state index contributed by atoms with van der Waals surface area (Å²) in [4.78, 5) is 38.0. The van der Waals surface area contributed by atoms with Gasteiger partial charge < -0.3 is 10.6 Å². The number of hydrogen-bond donors (Lipinski definition) is 2. The van der Waals surface area contributed by atoms with Crippen LogP contribution in [0.2, 0.25) is 10.0 Å². The third kappa shape index (κ3) is 4.56. The third-order valence-electron chi connectivity index (χ3n) is 4.88. The van der Waals surface area contributed by atoms with Crippen LogP contribution in [0.1, 0.15) is 31.8 Å². The van der Waals surface area contributed by atoms with Crippen molar-refractivity contribution in [1.29, 1.82) is 0 Å². The lowest BCUT2D eigenvalue weighted by atomic mass is 9.93. The molecule has 5 nitrogen and oxygen atoms in total. The maximum atomic E-state index is 13.0. The van der Waals surface area contributed by atoms with Gasteiger partial charge in [0.1, 0.15) is 5.82 Å². The first-order valence-electron chi connectivity index (χ1n) is 9.51. The molecule has 0 saturated carbocycles. The normalized spacial score (nSPS) is 14.2. The number of hydrogen-bond acceptors (Lipinski definition) is 3. The van der Waals surface area contributed by atoms with Gasteiger partial charge >= 0.3 is 0 Å². The van der Waals surface area contributed by atoms with Crippen LogP contribution in [0.3, 0.4) is 0 Å². The van der Waals surface area contributed by atoms with E-state index in [1.165, 1.54) is 36.4 Å². The molecular formula is C24H15Cl2FN2O3. The Bertz CT molecular complexity index is 1290. The number of Topliss-reactive ketones (excluding diaryl/α,β-unsaturated/α-hetero) is 1. The van der Waals surface area contributed by atoms with Crippen molar-refractivity contribution in [3.8, 4) is 0 Å². The van der Waals surface area contributed by atoms with Gasteiger partial charge in [-0.25, -0.2) is 4.39 Å². The number of amides is 2. The zero-order valence-corrected chi connectivity index (χ0v) is 17.9. The van der Waals surface area contributed by atoms with Gasteiger partial charge in [-0.15, -0.1) is 0 Å². The Labute approximate surface area is 192 Å². The summed E-state index contributed by atoms with van der Waals surface area (Å²) in [6.45, 7) is 0.198. The van der Waals surface area contributed by atoms with Crippen LogP contribution in [0, 0.1) is 5.82 Å². The number of ketones is 1. The van der Waals surface area contributed by atoms with E-state index >= 15 is 0 Å². The first-order chi connectivity index (χ1) is 15.3. The number of anilines is 1. The highest BCUT2D eigenvalue weighted by Crippen LogP contribution is 2.29. The second kappa shape index (κ2) is 8.94. The summed E-state index contributed by atoms with van der Waals surface area (Å²) in [6, 6.07) is 15.0. The van der Waals surface area contributed by atoms with Crippen LogP contribution in [0.4, 0.5) is 10.1 Å². The highest BCUT2D eigenvalue weighted by molar-refractivity contribution is 6.42. The van der Waals surface area contributed by atoms with Gasteiger partial charge in [-0.3, -0.25) is 14.4 Å². The summed E-state index contributed by atoms with van der Waals surface area (Å²) in [5, 5.41) is 6.04. The van der Waals surface area contributed by atoms with E-state index in [2.05, 4.69) is 10.6 Å². The minimum absolute atomic E-state index is 0.0836. The van der Waals surface area contributed by atoms with Crippen LogP contribution >= 0.6 is 23.2 Å². The fourth-order valence-electron chi connectivity index (χ4n) is 3.21. The van der Waals surface area contributed by atoms with Crippen molar-refractivity contribution < 1.29 is 18.8 Å². The van der Waals surface area contributed by atoms with Gasteiger partial charge in [0.05, 0.1) is 21.3 Å². The molecule has 0 aromatic heterocycles. The first kappa shape index (κ1) is 21.7. The van der Waals surface area contributed by atoms with E-state index in [9.17, 15) is 18.8 Å². The van der Waals surface area contributed by atoms with E-state index < -0.39 is 17.6 Å². The molecular weight excluding hydrogens is 454 g/mol. The maximum Gasteiger partial charge on any atom is 0.259 e. The summed E-state index contributed by atoms with van der Waals surface area (Å²) < 4.78 is 13.0. The molecule has 8 heteroatoms.